The molecule has 1 N–H and O–H groups in total. The van der Waals surface area contributed by atoms with E-state index in [9.17, 15) is 9.59 Å². The molecule has 0 aliphatic rings. The number of hydrogen-bond donors (Lipinski definition) is 1. The monoisotopic (exact) mass is 449 g/mol. The number of benzene rings is 2. The highest BCUT2D eigenvalue weighted by Gasteiger charge is 2.23. The van der Waals surface area contributed by atoms with Crippen molar-refractivity contribution >= 4 is 17.6 Å². The highest BCUT2D eigenvalue weighted by Crippen LogP contribution is 2.16. The summed E-state index contributed by atoms with van der Waals surface area (Å²) in [6.45, 7) is 5.07. The second-order valence-electron chi connectivity index (χ2n) is 7.91. The summed E-state index contributed by atoms with van der Waals surface area (Å²) in [7, 11) is 1.57. The van der Waals surface area contributed by atoms with Crippen molar-refractivity contribution in [3.8, 4) is 0 Å². The molecular formula is C26H31N3O4. The Hall–Kier alpha value is -3.58. The number of carbonyl (C=O) groups excluding carboxylic acids is 2. The van der Waals surface area contributed by atoms with Crippen molar-refractivity contribution < 1.29 is 18.7 Å². The standard InChI is InChI=1S/C26H31N3O4/c1-20-9-7-8-12-24(20)27-26(31)28(15-16-32-3)19-25(30)29(17-22-10-5-4-6-11-22)18-23-14-13-21(2)33-23/h4-14H,15-19H2,1-3H3,(H,27,31). The van der Waals surface area contributed by atoms with E-state index >= 15 is 0 Å². The molecule has 0 fully saturated rings. The maximum Gasteiger partial charge on any atom is 0.322 e. The van der Waals surface area contributed by atoms with Crippen molar-refractivity contribution in [3.05, 3.63) is 89.4 Å². The molecule has 2 aromatic carbocycles. The smallest absolute Gasteiger partial charge is 0.322 e. The van der Waals surface area contributed by atoms with Crippen LogP contribution in [0.3, 0.4) is 0 Å². The fourth-order valence-electron chi connectivity index (χ4n) is 3.42. The lowest BCUT2D eigenvalue weighted by molar-refractivity contribution is -0.133. The average molecular weight is 450 g/mol. The maximum atomic E-state index is 13.4. The number of ether oxygens (including phenoxy) is 1. The number of carbonyl (C=O) groups is 2. The fourth-order valence-corrected chi connectivity index (χ4v) is 3.42. The molecule has 0 radical (unpaired) electrons. The molecule has 33 heavy (non-hydrogen) atoms. The van der Waals surface area contributed by atoms with Crippen LogP contribution in [-0.4, -0.2) is 48.5 Å². The van der Waals surface area contributed by atoms with E-state index in [1.165, 1.54) is 4.90 Å². The molecule has 1 aromatic heterocycles. The van der Waals surface area contributed by atoms with Gasteiger partial charge in [-0.3, -0.25) is 4.79 Å². The van der Waals surface area contributed by atoms with Crippen molar-refractivity contribution in [2.75, 3.05) is 32.1 Å². The lowest BCUT2D eigenvalue weighted by Crippen LogP contribution is -2.45. The van der Waals surface area contributed by atoms with Gasteiger partial charge in [-0.15, -0.1) is 0 Å². The van der Waals surface area contributed by atoms with E-state index in [0.717, 1.165) is 16.9 Å². The molecule has 0 aliphatic carbocycles. The largest absolute Gasteiger partial charge is 0.464 e. The normalized spacial score (nSPS) is 10.6. The van der Waals surface area contributed by atoms with Crippen LogP contribution in [0.2, 0.25) is 0 Å². The van der Waals surface area contributed by atoms with Crippen molar-refractivity contribution in [1.29, 1.82) is 0 Å². The summed E-state index contributed by atoms with van der Waals surface area (Å²) in [6.07, 6.45) is 0. The minimum Gasteiger partial charge on any atom is -0.464 e. The molecule has 0 unspecified atom stereocenters. The topological polar surface area (TPSA) is 75.0 Å². The van der Waals surface area contributed by atoms with Crippen LogP contribution in [0.1, 0.15) is 22.6 Å². The number of aryl methyl sites for hydroxylation is 2. The molecule has 3 aromatic rings. The Balaban J connectivity index is 1.76. The zero-order valence-electron chi connectivity index (χ0n) is 19.4. The van der Waals surface area contributed by atoms with Gasteiger partial charge in [-0.05, 0) is 43.2 Å². The first-order chi connectivity index (χ1) is 16.0. The summed E-state index contributed by atoms with van der Waals surface area (Å²) >= 11 is 0. The Bertz CT molecular complexity index is 1050. The van der Waals surface area contributed by atoms with E-state index in [1.54, 1.807) is 12.0 Å². The van der Waals surface area contributed by atoms with E-state index in [2.05, 4.69) is 5.32 Å². The molecule has 0 spiro atoms. The molecule has 1 heterocycles. The van der Waals surface area contributed by atoms with Crippen LogP contribution >= 0.6 is 0 Å². The van der Waals surface area contributed by atoms with Crippen molar-refractivity contribution in [2.24, 2.45) is 0 Å². The Kier molecular flexibility index (Phi) is 8.66. The fraction of sp³-hybridized carbons (Fsp3) is 0.308. The first kappa shape index (κ1) is 24.1. The van der Waals surface area contributed by atoms with Gasteiger partial charge >= 0.3 is 6.03 Å². The zero-order valence-corrected chi connectivity index (χ0v) is 19.4. The van der Waals surface area contributed by atoms with Gasteiger partial charge in [0.15, 0.2) is 0 Å². The number of furan rings is 1. The highest BCUT2D eigenvalue weighted by molar-refractivity contribution is 5.93. The molecule has 7 nitrogen and oxygen atoms in total. The van der Waals surface area contributed by atoms with Crippen LogP contribution in [0.25, 0.3) is 0 Å². The van der Waals surface area contributed by atoms with Crippen molar-refractivity contribution in [1.82, 2.24) is 9.80 Å². The van der Waals surface area contributed by atoms with Crippen LogP contribution < -0.4 is 5.32 Å². The molecule has 0 saturated heterocycles. The summed E-state index contributed by atoms with van der Waals surface area (Å²) < 4.78 is 10.9. The molecule has 3 rings (SSSR count). The number of methoxy groups -OCH3 is 1. The number of nitrogens with zero attached hydrogens (tertiary/aromatic N) is 2. The Labute approximate surface area is 194 Å². The quantitative estimate of drug-likeness (QED) is 0.491. The second-order valence-corrected chi connectivity index (χ2v) is 7.91. The molecule has 0 bridgehead atoms. The predicted molar refractivity (Wildman–Crippen MR) is 128 cm³/mol. The Morgan fingerprint density at radius 3 is 2.30 bits per heavy atom. The molecule has 0 aliphatic heterocycles. The predicted octanol–water partition coefficient (Wildman–Crippen LogP) is 4.61. The number of hydrogen-bond acceptors (Lipinski definition) is 4. The third kappa shape index (κ3) is 7.22. The van der Waals surface area contributed by atoms with Crippen LogP contribution in [-0.2, 0) is 22.6 Å². The minimum atomic E-state index is -0.344. The lowest BCUT2D eigenvalue weighted by atomic mass is 10.2. The van der Waals surface area contributed by atoms with E-state index in [0.29, 0.717) is 37.7 Å². The Morgan fingerprint density at radius 1 is 0.909 bits per heavy atom. The molecule has 0 atom stereocenters. The van der Waals surface area contributed by atoms with Gasteiger partial charge in [-0.1, -0.05) is 48.5 Å². The van der Waals surface area contributed by atoms with Crippen LogP contribution in [0.15, 0.2) is 71.1 Å². The molecule has 174 valence electrons. The van der Waals surface area contributed by atoms with Gasteiger partial charge in [0.05, 0.1) is 13.2 Å². The third-order valence-corrected chi connectivity index (χ3v) is 5.28. The first-order valence-electron chi connectivity index (χ1n) is 10.9. The first-order valence-corrected chi connectivity index (χ1v) is 10.9. The third-order valence-electron chi connectivity index (χ3n) is 5.28. The van der Waals surface area contributed by atoms with Gasteiger partial charge in [0.2, 0.25) is 5.91 Å². The number of anilines is 1. The van der Waals surface area contributed by atoms with Crippen LogP contribution in [0.5, 0.6) is 0 Å². The van der Waals surface area contributed by atoms with Crippen molar-refractivity contribution in [2.45, 2.75) is 26.9 Å². The number of nitrogens with one attached hydrogen (secondary N) is 1. The SMILES string of the molecule is COCCN(CC(=O)N(Cc1ccccc1)Cc1ccc(C)o1)C(=O)Nc1ccccc1C. The molecule has 7 heteroatoms. The van der Waals surface area contributed by atoms with Crippen LogP contribution in [0.4, 0.5) is 10.5 Å². The summed E-state index contributed by atoms with van der Waals surface area (Å²) in [5.74, 6) is 1.31. The van der Waals surface area contributed by atoms with E-state index < -0.39 is 0 Å². The van der Waals surface area contributed by atoms with Gasteiger partial charge < -0.3 is 24.3 Å². The zero-order chi connectivity index (χ0) is 23.6. The van der Waals surface area contributed by atoms with Crippen molar-refractivity contribution in [3.63, 3.8) is 0 Å². The van der Waals surface area contributed by atoms with E-state index in [4.69, 9.17) is 9.15 Å². The van der Waals surface area contributed by atoms with Gasteiger partial charge in [-0.25, -0.2) is 4.79 Å². The number of urea groups is 1. The van der Waals surface area contributed by atoms with Gasteiger partial charge in [0, 0.05) is 25.9 Å². The summed E-state index contributed by atoms with van der Waals surface area (Å²) in [5, 5.41) is 2.91. The molecular weight excluding hydrogens is 418 g/mol. The average Bonchev–Trinajstić information content (AvgIpc) is 3.22. The Morgan fingerprint density at radius 2 is 1.64 bits per heavy atom. The molecule has 3 amide bonds. The van der Waals surface area contributed by atoms with E-state index in [1.807, 2.05) is 80.6 Å². The summed E-state index contributed by atoms with van der Waals surface area (Å²) in [6, 6.07) is 20.7. The minimum absolute atomic E-state index is 0.0758. The lowest BCUT2D eigenvalue weighted by Gasteiger charge is -2.27. The van der Waals surface area contributed by atoms with Crippen LogP contribution in [0, 0.1) is 13.8 Å². The van der Waals surface area contributed by atoms with Gasteiger partial charge in [0.1, 0.15) is 18.1 Å². The number of para-hydroxylation sites is 1. The summed E-state index contributed by atoms with van der Waals surface area (Å²) in [4.78, 5) is 29.6. The van der Waals surface area contributed by atoms with Gasteiger partial charge in [0.25, 0.3) is 0 Å². The van der Waals surface area contributed by atoms with E-state index in [-0.39, 0.29) is 18.5 Å². The molecule has 0 saturated carbocycles. The number of rotatable bonds is 10. The second kappa shape index (κ2) is 11.9. The van der Waals surface area contributed by atoms with Gasteiger partial charge in [-0.2, -0.15) is 0 Å². The number of amides is 3. The summed E-state index contributed by atoms with van der Waals surface area (Å²) in [5.41, 5.74) is 2.66. The highest BCUT2D eigenvalue weighted by atomic mass is 16.5. The maximum absolute atomic E-state index is 13.4.